The number of aryl methyl sites for hydroxylation is 1. The van der Waals surface area contributed by atoms with Gasteiger partial charge in [0.05, 0.1) is 0 Å². The van der Waals surface area contributed by atoms with E-state index in [0.29, 0.717) is 12.3 Å². The molecule has 1 aromatic carbocycles. The van der Waals surface area contributed by atoms with Crippen LogP contribution in [0.4, 0.5) is 0 Å². The highest BCUT2D eigenvalue weighted by Crippen LogP contribution is 2.13. The molecular formula is C20H26N2OS. The van der Waals surface area contributed by atoms with Gasteiger partial charge in [0.1, 0.15) is 0 Å². The molecule has 1 aromatic heterocycles. The predicted molar refractivity (Wildman–Crippen MR) is 100 cm³/mol. The van der Waals surface area contributed by atoms with Crippen molar-refractivity contribution in [2.24, 2.45) is 0 Å². The normalized spacial score (nSPS) is 15.6. The third-order valence-electron chi connectivity index (χ3n) is 4.68. The molecule has 1 amide bonds. The Kier molecular flexibility index (Phi) is 6.44. The van der Waals surface area contributed by atoms with E-state index in [0.717, 1.165) is 52.0 Å². The van der Waals surface area contributed by atoms with Crippen LogP contribution >= 0.6 is 11.3 Å². The summed E-state index contributed by atoms with van der Waals surface area (Å²) in [7, 11) is 0. The van der Waals surface area contributed by atoms with E-state index in [1.165, 1.54) is 10.4 Å². The zero-order valence-corrected chi connectivity index (χ0v) is 15.0. The van der Waals surface area contributed by atoms with Crippen molar-refractivity contribution in [1.82, 2.24) is 9.80 Å². The maximum Gasteiger partial charge on any atom is 0.222 e. The molecule has 0 N–H and O–H groups in total. The van der Waals surface area contributed by atoms with Crippen LogP contribution in [0.2, 0.25) is 0 Å². The Morgan fingerprint density at radius 1 is 0.958 bits per heavy atom. The van der Waals surface area contributed by atoms with Crippen LogP contribution in [0.3, 0.4) is 0 Å². The molecule has 0 atom stereocenters. The van der Waals surface area contributed by atoms with Gasteiger partial charge in [-0.3, -0.25) is 9.69 Å². The Morgan fingerprint density at radius 3 is 2.46 bits per heavy atom. The second-order valence-electron chi connectivity index (χ2n) is 6.39. The van der Waals surface area contributed by atoms with Crippen LogP contribution in [0.15, 0.2) is 47.8 Å². The molecule has 3 rings (SSSR count). The molecule has 128 valence electrons. The summed E-state index contributed by atoms with van der Waals surface area (Å²) >= 11 is 1.78. The second-order valence-corrected chi connectivity index (χ2v) is 7.42. The molecule has 4 heteroatoms. The van der Waals surface area contributed by atoms with Crippen molar-refractivity contribution in [3.8, 4) is 0 Å². The summed E-state index contributed by atoms with van der Waals surface area (Å²) in [6, 6.07) is 14.9. The average Bonchev–Trinajstić information content (AvgIpc) is 3.15. The maximum atomic E-state index is 12.3. The number of piperazine rings is 1. The van der Waals surface area contributed by atoms with Crippen molar-refractivity contribution in [1.29, 1.82) is 0 Å². The van der Waals surface area contributed by atoms with Crippen LogP contribution < -0.4 is 0 Å². The summed E-state index contributed by atoms with van der Waals surface area (Å²) in [5, 5.41) is 2.10. The van der Waals surface area contributed by atoms with Gasteiger partial charge in [0, 0.05) is 44.0 Å². The summed E-state index contributed by atoms with van der Waals surface area (Å²) in [5.41, 5.74) is 1.39. The molecule has 0 aliphatic carbocycles. The number of amides is 1. The van der Waals surface area contributed by atoms with E-state index >= 15 is 0 Å². The number of carbonyl (C=O) groups excluding carboxylic acids is 1. The van der Waals surface area contributed by atoms with Gasteiger partial charge in [-0.2, -0.15) is 0 Å². The first-order valence-corrected chi connectivity index (χ1v) is 9.76. The molecule has 0 saturated carbocycles. The number of rotatable bonds is 7. The molecule has 0 spiro atoms. The Bertz CT molecular complexity index is 604. The van der Waals surface area contributed by atoms with E-state index in [-0.39, 0.29) is 0 Å². The van der Waals surface area contributed by atoms with Crippen LogP contribution in [0.5, 0.6) is 0 Å². The molecule has 1 aliphatic heterocycles. The van der Waals surface area contributed by atoms with Crippen LogP contribution in [-0.2, 0) is 17.6 Å². The standard InChI is InChI=1S/C20H26N2OS/c23-20(10-4-8-19-9-5-17-24-19)22-15-13-21(14-16-22)12-11-18-6-2-1-3-7-18/h1-3,5-7,9,17H,4,8,10-16H2. The van der Waals surface area contributed by atoms with Gasteiger partial charge >= 0.3 is 0 Å². The number of hydrogen-bond acceptors (Lipinski definition) is 3. The van der Waals surface area contributed by atoms with Crippen molar-refractivity contribution in [2.75, 3.05) is 32.7 Å². The number of nitrogens with zero attached hydrogens (tertiary/aromatic N) is 2. The van der Waals surface area contributed by atoms with Crippen molar-refractivity contribution >= 4 is 17.2 Å². The van der Waals surface area contributed by atoms with Crippen molar-refractivity contribution in [3.05, 3.63) is 58.3 Å². The van der Waals surface area contributed by atoms with E-state index in [4.69, 9.17) is 0 Å². The van der Waals surface area contributed by atoms with E-state index in [9.17, 15) is 4.79 Å². The Hall–Kier alpha value is -1.65. The molecule has 2 aromatic rings. The first-order valence-electron chi connectivity index (χ1n) is 8.88. The third-order valence-corrected chi connectivity index (χ3v) is 5.61. The van der Waals surface area contributed by atoms with Crippen LogP contribution in [0.25, 0.3) is 0 Å². The first kappa shape index (κ1) is 17.2. The minimum Gasteiger partial charge on any atom is -0.340 e. The molecule has 1 aliphatic rings. The van der Waals surface area contributed by atoms with Gasteiger partial charge in [0.2, 0.25) is 5.91 Å². The second kappa shape index (κ2) is 9.00. The highest BCUT2D eigenvalue weighted by atomic mass is 32.1. The lowest BCUT2D eigenvalue weighted by atomic mass is 10.1. The zero-order chi connectivity index (χ0) is 16.6. The molecule has 2 heterocycles. The van der Waals surface area contributed by atoms with Crippen molar-refractivity contribution in [3.63, 3.8) is 0 Å². The molecule has 0 radical (unpaired) electrons. The van der Waals surface area contributed by atoms with Crippen LogP contribution in [0, 0.1) is 0 Å². The van der Waals surface area contributed by atoms with Gasteiger partial charge in [-0.25, -0.2) is 0 Å². The monoisotopic (exact) mass is 342 g/mol. The number of carbonyl (C=O) groups is 1. The Morgan fingerprint density at radius 2 is 1.75 bits per heavy atom. The number of benzene rings is 1. The fourth-order valence-electron chi connectivity index (χ4n) is 3.18. The highest BCUT2D eigenvalue weighted by Gasteiger charge is 2.20. The van der Waals surface area contributed by atoms with Gasteiger partial charge in [0.25, 0.3) is 0 Å². The summed E-state index contributed by atoms with van der Waals surface area (Å²) in [5.74, 6) is 0.328. The quantitative estimate of drug-likeness (QED) is 0.769. The van der Waals surface area contributed by atoms with Crippen molar-refractivity contribution in [2.45, 2.75) is 25.7 Å². The van der Waals surface area contributed by atoms with Crippen LogP contribution in [-0.4, -0.2) is 48.4 Å². The predicted octanol–water partition coefficient (Wildman–Crippen LogP) is 3.46. The Labute approximate surface area is 148 Å². The number of thiophene rings is 1. The fourth-order valence-corrected chi connectivity index (χ4v) is 3.93. The van der Waals surface area contributed by atoms with Gasteiger partial charge in [-0.05, 0) is 36.3 Å². The minimum absolute atomic E-state index is 0.328. The van der Waals surface area contributed by atoms with E-state index in [1.807, 2.05) is 4.90 Å². The molecule has 1 fully saturated rings. The maximum absolute atomic E-state index is 12.3. The molecule has 0 bridgehead atoms. The fraction of sp³-hybridized carbons (Fsp3) is 0.450. The van der Waals surface area contributed by atoms with Crippen LogP contribution in [0.1, 0.15) is 23.3 Å². The topological polar surface area (TPSA) is 23.6 Å². The smallest absolute Gasteiger partial charge is 0.222 e. The molecule has 0 unspecified atom stereocenters. The molecule has 3 nitrogen and oxygen atoms in total. The van der Waals surface area contributed by atoms with Crippen molar-refractivity contribution < 1.29 is 4.79 Å². The zero-order valence-electron chi connectivity index (χ0n) is 14.2. The summed E-state index contributed by atoms with van der Waals surface area (Å²) in [6.07, 6.45) is 3.77. The summed E-state index contributed by atoms with van der Waals surface area (Å²) < 4.78 is 0. The molecule has 1 saturated heterocycles. The van der Waals surface area contributed by atoms with Gasteiger partial charge < -0.3 is 4.90 Å². The third kappa shape index (κ3) is 5.18. The molecule has 24 heavy (non-hydrogen) atoms. The van der Waals surface area contributed by atoms with E-state index in [2.05, 4.69) is 52.7 Å². The average molecular weight is 343 g/mol. The minimum atomic E-state index is 0.328. The lowest BCUT2D eigenvalue weighted by Gasteiger charge is -2.34. The van der Waals surface area contributed by atoms with Gasteiger partial charge in [-0.15, -0.1) is 11.3 Å². The lowest BCUT2D eigenvalue weighted by molar-refractivity contribution is -0.133. The SMILES string of the molecule is O=C(CCCc1cccs1)N1CCN(CCc2ccccc2)CC1. The highest BCUT2D eigenvalue weighted by molar-refractivity contribution is 7.09. The largest absolute Gasteiger partial charge is 0.340 e. The summed E-state index contributed by atoms with van der Waals surface area (Å²) in [4.78, 5) is 18.2. The first-order chi connectivity index (χ1) is 11.8. The van der Waals surface area contributed by atoms with E-state index in [1.54, 1.807) is 11.3 Å². The van der Waals surface area contributed by atoms with Gasteiger partial charge in [-0.1, -0.05) is 36.4 Å². The molecular weight excluding hydrogens is 316 g/mol. The number of hydrogen-bond donors (Lipinski definition) is 0. The Balaban J connectivity index is 1.33. The van der Waals surface area contributed by atoms with Gasteiger partial charge in [0.15, 0.2) is 0 Å². The summed E-state index contributed by atoms with van der Waals surface area (Å²) in [6.45, 7) is 4.86. The lowest BCUT2D eigenvalue weighted by Crippen LogP contribution is -2.49. The van der Waals surface area contributed by atoms with E-state index < -0.39 is 0 Å².